The summed E-state index contributed by atoms with van der Waals surface area (Å²) in [5.41, 5.74) is 9.60. The largest absolute Gasteiger partial charge is 0.457 e. The summed E-state index contributed by atoms with van der Waals surface area (Å²) in [6.45, 7) is 6.29. The van der Waals surface area contributed by atoms with Gasteiger partial charge in [-0.1, -0.05) is 37.6 Å². The molecule has 2 rings (SSSR count). The van der Waals surface area contributed by atoms with E-state index in [4.69, 9.17) is 10.5 Å². The SMILES string of the molecule is CCCc1ccc(Oc2ccc(CC(C)N)cc2C)cc1. The van der Waals surface area contributed by atoms with Crippen LogP contribution in [0.1, 0.15) is 37.0 Å². The van der Waals surface area contributed by atoms with Gasteiger partial charge in [0.15, 0.2) is 0 Å². The van der Waals surface area contributed by atoms with Crippen LogP contribution in [0.4, 0.5) is 0 Å². The molecule has 2 N–H and O–H groups in total. The maximum atomic E-state index is 5.97. The van der Waals surface area contributed by atoms with Crippen LogP contribution in [0.2, 0.25) is 0 Å². The van der Waals surface area contributed by atoms with Gasteiger partial charge in [0.05, 0.1) is 0 Å². The van der Waals surface area contributed by atoms with E-state index in [0.717, 1.165) is 29.9 Å². The van der Waals surface area contributed by atoms with Gasteiger partial charge in [-0.25, -0.2) is 0 Å². The molecule has 1 unspecified atom stereocenters. The molecule has 0 saturated heterocycles. The molecule has 0 aliphatic carbocycles. The molecular formula is C19H25NO. The monoisotopic (exact) mass is 283 g/mol. The summed E-state index contributed by atoms with van der Waals surface area (Å²) in [4.78, 5) is 0. The Kier molecular flexibility index (Phi) is 5.40. The van der Waals surface area contributed by atoms with E-state index in [0.29, 0.717) is 0 Å². The van der Waals surface area contributed by atoms with E-state index in [1.54, 1.807) is 0 Å². The van der Waals surface area contributed by atoms with Crippen LogP contribution in [0.15, 0.2) is 42.5 Å². The fraction of sp³-hybridized carbons (Fsp3) is 0.368. The van der Waals surface area contributed by atoms with Crippen molar-refractivity contribution in [2.45, 2.75) is 46.1 Å². The third-order valence-corrected chi connectivity index (χ3v) is 3.49. The average Bonchev–Trinajstić information content (AvgIpc) is 2.43. The number of aryl methyl sites for hydroxylation is 2. The highest BCUT2D eigenvalue weighted by Gasteiger charge is 2.05. The summed E-state index contributed by atoms with van der Waals surface area (Å²) in [7, 11) is 0. The molecule has 0 heterocycles. The molecule has 1 atom stereocenters. The quantitative estimate of drug-likeness (QED) is 0.839. The van der Waals surface area contributed by atoms with E-state index >= 15 is 0 Å². The lowest BCUT2D eigenvalue weighted by molar-refractivity contribution is 0.478. The number of nitrogens with two attached hydrogens (primary N) is 1. The maximum Gasteiger partial charge on any atom is 0.130 e. The minimum atomic E-state index is 0.183. The van der Waals surface area contributed by atoms with Crippen molar-refractivity contribution in [2.24, 2.45) is 5.73 Å². The molecule has 0 aromatic heterocycles. The van der Waals surface area contributed by atoms with Crippen molar-refractivity contribution in [3.05, 3.63) is 59.2 Å². The van der Waals surface area contributed by atoms with Crippen LogP contribution in [-0.2, 0) is 12.8 Å². The van der Waals surface area contributed by atoms with E-state index in [9.17, 15) is 0 Å². The maximum absolute atomic E-state index is 5.97. The van der Waals surface area contributed by atoms with Gasteiger partial charge in [-0.05, 0) is 61.6 Å². The summed E-state index contributed by atoms with van der Waals surface area (Å²) in [6, 6.07) is 14.8. The van der Waals surface area contributed by atoms with E-state index in [1.807, 2.05) is 25.1 Å². The minimum absolute atomic E-state index is 0.183. The van der Waals surface area contributed by atoms with E-state index in [1.165, 1.54) is 17.5 Å². The van der Waals surface area contributed by atoms with Gasteiger partial charge in [0, 0.05) is 6.04 Å². The van der Waals surface area contributed by atoms with Crippen LogP contribution < -0.4 is 10.5 Å². The molecule has 0 amide bonds. The fourth-order valence-electron chi connectivity index (χ4n) is 2.46. The van der Waals surface area contributed by atoms with Crippen molar-refractivity contribution < 1.29 is 4.74 Å². The molecule has 0 aliphatic heterocycles. The van der Waals surface area contributed by atoms with Gasteiger partial charge >= 0.3 is 0 Å². The van der Waals surface area contributed by atoms with Crippen LogP contribution in [0.5, 0.6) is 11.5 Å². The van der Waals surface area contributed by atoms with Gasteiger partial charge in [-0.15, -0.1) is 0 Å². The summed E-state index contributed by atoms with van der Waals surface area (Å²) < 4.78 is 5.97. The van der Waals surface area contributed by atoms with Gasteiger partial charge in [0.1, 0.15) is 11.5 Å². The number of ether oxygens (including phenoxy) is 1. The zero-order chi connectivity index (χ0) is 15.2. The topological polar surface area (TPSA) is 35.2 Å². The predicted molar refractivity (Wildman–Crippen MR) is 89.0 cm³/mol. The standard InChI is InChI=1S/C19H25NO/c1-4-5-16-6-9-18(10-7-16)21-19-11-8-17(12-14(19)2)13-15(3)20/h6-12,15H,4-5,13,20H2,1-3H3. The van der Waals surface area contributed by atoms with Gasteiger partial charge in [0.2, 0.25) is 0 Å². The van der Waals surface area contributed by atoms with Gasteiger partial charge in [0.25, 0.3) is 0 Å². The van der Waals surface area contributed by atoms with Crippen LogP contribution in [0.25, 0.3) is 0 Å². The zero-order valence-electron chi connectivity index (χ0n) is 13.2. The van der Waals surface area contributed by atoms with Crippen LogP contribution >= 0.6 is 0 Å². The van der Waals surface area contributed by atoms with Gasteiger partial charge in [-0.3, -0.25) is 0 Å². The Bertz CT molecular complexity index is 573. The first kappa shape index (κ1) is 15.6. The molecule has 0 aliphatic rings. The minimum Gasteiger partial charge on any atom is -0.457 e. The molecule has 2 nitrogen and oxygen atoms in total. The zero-order valence-corrected chi connectivity index (χ0v) is 13.2. The molecule has 2 heteroatoms. The molecule has 0 radical (unpaired) electrons. The third-order valence-electron chi connectivity index (χ3n) is 3.49. The number of rotatable bonds is 6. The summed E-state index contributed by atoms with van der Waals surface area (Å²) in [5.74, 6) is 1.80. The Morgan fingerprint density at radius 3 is 2.29 bits per heavy atom. The van der Waals surface area contributed by atoms with Crippen LogP contribution in [-0.4, -0.2) is 6.04 Å². The summed E-state index contributed by atoms with van der Waals surface area (Å²) in [6.07, 6.45) is 3.18. The second-order valence-electron chi connectivity index (χ2n) is 5.78. The highest BCUT2D eigenvalue weighted by atomic mass is 16.5. The Hall–Kier alpha value is -1.80. The van der Waals surface area contributed by atoms with Crippen molar-refractivity contribution in [3.63, 3.8) is 0 Å². The molecule has 2 aromatic rings. The molecular weight excluding hydrogens is 258 g/mol. The smallest absolute Gasteiger partial charge is 0.130 e. The van der Waals surface area contributed by atoms with E-state index < -0.39 is 0 Å². The Morgan fingerprint density at radius 2 is 1.71 bits per heavy atom. The van der Waals surface area contributed by atoms with E-state index in [2.05, 4.69) is 38.1 Å². The van der Waals surface area contributed by atoms with Gasteiger partial charge < -0.3 is 10.5 Å². The molecule has 0 bridgehead atoms. The second kappa shape index (κ2) is 7.28. The molecule has 0 saturated carbocycles. The lowest BCUT2D eigenvalue weighted by atomic mass is 10.0. The van der Waals surface area contributed by atoms with Crippen LogP contribution in [0.3, 0.4) is 0 Å². The molecule has 0 fully saturated rings. The highest BCUT2D eigenvalue weighted by molar-refractivity contribution is 5.40. The second-order valence-corrected chi connectivity index (χ2v) is 5.78. The highest BCUT2D eigenvalue weighted by Crippen LogP contribution is 2.26. The number of benzene rings is 2. The first-order chi connectivity index (χ1) is 10.1. The van der Waals surface area contributed by atoms with Crippen molar-refractivity contribution in [3.8, 4) is 11.5 Å². The predicted octanol–water partition coefficient (Wildman–Crippen LogP) is 4.63. The first-order valence-electron chi connectivity index (χ1n) is 7.70. The number of hydrogen-bond donors (Lipinski definition) is 1. The molecule has 2 aromatic carbocycles. The van der Waals surface area contributed by atoms with Crippen LogP contribution in [0, 0.1) is 6.92 Å². The molecule has 112 valence electrons. The normalized spacial score (nSPS) is 12.2. The first-order valence-corrected chi connectivity index (χ1v) is 7.70. The van der Waals surface area contributed by atoms with Crippen molar-refractivity contribution in [2.75, 3.05) is 0 Å². The Balaban J connectivity index is 2.08. The molecule has 21 heavy (non-hydrogen) atoms. The van der Waals surface area contributed by atoms with Crippen molar-refractivity contribution >= 4 is 0 Å². The third kappa shape index (κ3) is 4.61. The summed E-state index contributed by atoms with van der Waals surface area (Å²) in [5, 5.41) is 0. The summed E-state index contributed by atoms with van der Waals surface area (Å²) >= 11 is 0. The van der Waals surface area contributed by atoms with Gasteiger partial charge in [-0.2, -0.15) is 0 Å². The number of hydrogen-bond acceptors (Lipinski definition) is 2. The Labute approximate surface area is 127 Å². The van der Waals surface area contributed by atoms with E-state index in [-0.39, 0.29) is 6.04 Å². The lowest BCUT2D eigenvalue weighted by Crippen LogP contribution is -2.17. The van der Waals surface area contributed by atoms with Crippen molar-refractivity contribution in [1.29, 1.82) is 0 Å². The average molecular weight is 283 g/mol. The fourth-order valence-corrected chi connectivity index (χ4v) is 2.46. The van der Waals surface area contributed by atoms with Crippen molar-refractivity contribution in [1.82, 2.24) is 0 Å². The molecule has 0 spiro atoms. The lowest BCUT2D eigenvalue weighted by Gasteiger charge is -2.12. The Morgan fingerprint density at radius 1 is 1.05 bits per heavy atom.